The lowest BCUT2D eigenvalue weighted by atomic mass is 10.1. The fraction of sp³-hybridized carbons (Fsp3) is 0.130. The number of imide groups is 1. The lowest BCUT2D eigenvalue weighted by Crippen LogP contribution is -2.37. The standard InChI is InChI=1S/C23H17N3O5S/c27-21(16-5-1-3-15-4-2-8-24-20(15)16)25-9-10-26-22(28)19(32-23(26)29)12-14-6-7-17-18(11-14)31-13-30-17/h1-8,11-12H,9-10,13H2,(H,25,27)/b19-12-. The van der Waals surface area contributed by atoms with Crippen LogP contribution in [-0.2, 0) is 4.79 Å². The summed E-state index contributed by atoms with van der Waals surface area (Å²) in [4.78, 5) is 43.4. The Bertz CT molecular complexity index is 1280. The van der Waals surface area contributed by atoms with Gasteiger partial charge in [0.25, 0.3) is 17.1 Å². The third-order valence-electron chi connectivity index (χ3n) is 5.07. The fourth-order valence-corrected chi connectivity index (χ4v) is 4.38. The van der Waals surface area contributed by atoms with E-state index in [4.69, 9.17) is 9.47 Å². The van der Waals surface area contributed by atoms with Crippen LogP contribution in [0, 0.1) is 0 Å². The van der Waals surface area contributed by atoms with Crippen LogP contribution in [-0.4, -0.2) is 46.8 Å². The van der Waals surface area contributed by atoms with Crippen molar-refractivity contribution in [3.05, 3.63) is 70.8 Å². The van der Waals surface area contributed by atoms with Gasteiger partial charge in [0, 0.05) is 24.7 Å². The molecule has 3 amide bonds. The Balaban J connectivity index is 1.24. The summed E-state index contributed by atoms with van der Waals surface area (Å²) < 4.78 is 10.6. The van der Waals surface area contributed by atoms with E-state index in [0.717, 1.165) is 27.6 Å². The Morgan fingerprint density at radius 3 is 2.88 bits per heavy atom. The van der Waals surface area contributed by atoms with E-state index in [9.17, 15) is 14.4 Å². The van der Waals surface area contributed by atoms with Crippen molar-refractivity contribution in [3.63, 3.8) is 0 Å². The number of ether oxygens (including phenoxy) is 2. The third-order valence-corrected chi connectivity index (χ3v) is 5.97. The summed E-state index contributed by atoms with van der Waals surface area (Å²) in [5.74, 6) is 0.548. The molecule has 0 radical (unpaired) electrons. The Morgan fingerprint density at radius 2 is 1.97 bits per heavy atom. The topological polar surface area (TPSA) is 97.8 Å². The number of carbonyl (C=O) groups is 3. The van der Waals surface area contributed by atoms with Crippen LogP contribution in [0.4, 0.5) is 4.79 Å². The maximum absolute atomic E-state index is 12.7. The van der Waals surface area contributed by atoms with E-state index in [1.165, 1.54) is 0 Å². The summed E-state index contributed by atoms with van der Waals surface area (Å²) in [6.07, 6.45) is 3.28. The lowest BCUT2D eigenvalue weighted by molar-refractivity contribution is -0.122. The van der Waals surface area contributed by atoms with E-state index in [2.05, 4.69) is 10.3 Å². The summed E-state index contributed by atoms with van der Waals surface area (Å²) >= 11 is 0.871. The molecule has 160 valence electrons. The van der Waals surface area contributed by atoms with Gasteiger partial charge in [0.15, 0.2) is 11.5 Å². The molecule has 0 spiro atoms. The minimum Gasteiger partial charge on any atom is -0.454 e. The average Bonchev–Trinajstić information content (AvgIpc) is 3.38. The van der Waals surface area contributed by atoms with Gasteiger partial charge in [-0.05, 0) is 47.7 Å². The van der Waals surface area contributed by atoms with Gasteiger partial charge >= 0.3 is 0 Å². The number of pyridine rings is 1. The zero-order valence-corrected chi connectivity index (χ0v) is 17.6. The predicted molar refractivity (Wildman–Crippen MR) is 119 cm³/mol. The minimum absolute atomic E-state index is 0.0765. The van der Waals surface area contributed by atoms with Crippen molar-refractivity contribution in [2.45, 2.75) is 0 Å². The molecule has 0 bridgehead atoms. The molecule has 5 rings (SSSR count). The van der Waals surface area contributed by atoms with Crippen molar-refractivity contribution >= 4 is 45.8 Å². The molecule has 1 fully saturated rings. The summed E-state index contributed by atoms with van der Waals surface area (Å²) in [7, 11) is 0. The number of aromatic nitrogens is 1. The fourth-order valence-electron chi connectivity index (χ4n) is 3.51. The number of nitrogens with one attached hydrogen (secondary N) is 1. The maximum Gasteiger partial charge on any atom is 0.293 e. The van der Waals surface area contributed by atoms with Gasteiger partial charge in [-0.2, -0.15) is 0 Å². The molecule has 1 N–H and O–H groups in total. The highest BCUT2D eigenvalue weighted by Gasteiger charge is 2.34. The zero-order valence-electron chi connectivity index (χ0n) is 16.7. The van der Waals surface area contributed by atoms with Crippen LogP contribution in [0.15, 0.2) is 59.6 Å². The SMILES string of the molecule is O=C(NCCN1C(=O)S/C(=C\c2ccc3c(c2)OCO3)C1=O)c1cccc2cccnc12. The number of nitrogens with zero attached hydrogens (tertiary/aromatic N) is 2. The largest absolute Gasteiger partial charge is 0.454 e. The molecule has 0 unspecified atom stereocenters. The van der Waals surface area contributed by atoms with Crippen LogP contribution in [0.2, 0.25) is 0 Å². The monoisotopic (exact) mass is 447 g/mol. The van der Waals surface area contributed by atoms with Gasteiger partial charge in [-0.25, -0.2) is 0 Å². The highest BCUT2D eigenvalue weighted by atomic mass is 32.2. The van der Waals surface area contributed by atoms with Gasteiger partial charge in [-0.3, -0.25) is 24.3 Å². The normalized spacial score (nSPS) is 16.2. The van der Waals surface area contributed by atoms with Gasteiger partial charge in [0.05, 0.1) is 16.0 Å². The number of thioether (sulfide) groups is 1. The number of fused-ring (bicyclic) bond motifs is 2. The number of carbonyl (C=O) groups excluding carboxylic acids is 3. The molecule has 9 heteroatoms. The molecule has 2 aliphatic heterocycles. The highest BCUT2D eigenvalue weighted by Crippen LogP contribution is 2.36. The first kappa shape index (κ1) is 20.1. The van der Waals surface area contributed by atoms with Crippen LogP contribution in [0.3, 0.4) is 0 Å². The molecule has 0 aliphatic carbocycles. The van der Waals surface area contributed by atoms with E-state index in [1.807, 2.05) is 12.1 Å². The van der Waals surface area contributed by atoms with Crippen LogP contribution in [0.5, 0.6) is 11.5 Å². The number of para-hydroxylation sites is 1. The average molecular weight is 447 g/mol. The number of hydrogen-bond donors (Lipinski definition) is 1. The smallest absolute Gasteiger partial charge is 0.293 e. The Morgan fingerprint density at radius 1 is 1.12 bits per heavy atom. The number of amides is 3. The van der Waals surface area contributed by atoms with Gasteiger partial charge in [0.2, 0.25) is 6.79 Å². The van der Waals surface area contributed by atoms with E-state index in [0.29, 0.717) is 27.5 Å². The first-order chi connectivity index (χ1) is 15.6. The summed E-state index contributed by atoms with van der Waals surface area (Å²) in [5.41, 5.74) is 1.78. The van der Waals surface area contributed by atoms with Crippen molar-refractivity contribution in [1.29, 1.82) is 0 Å². The molecule has 1 saturated heterocycles. The molecular weight excluding hydrogens is 430 g/mol. The van der Waals surface area contributed by atoms with Crippen molar-refractivity contribution in [2.75, 3.05) is 19.9 Å². The molecule has 3 heterocycles. The first-order valence-corrected chi connectivity index (χ1v) is 10.7. The molecule has 2 aliphatic rings. The molecule has 32 heavy (non-hydrogen) atoms. The van der Waals surface area contributed by atoms with Crippen LogP contribution < -0.4 is 14.8 Å². The second-order valence-corrected chi connectivity index (χ2v) is 8.08. The number of benzene rings is 2. The summed E-state index contributed by atoms with van der Waals surface area (Å²) in [6, 6.07) is 14.4. The van der Waals surface area contributed by atoms with Crippen LogP contribution in [0.25, 0.3) is 17.0 Å². The molecule has 0 atom stereocenters. The van der Waals surface area contributed by atoms with Crippen molar-refractivity contribution in [1.82, 2.24) is 15.2 Å². The molecule has 8 nitrogen and oxygen atoms in total. The van der Waals surface area contributed by atoms with Crippen LogP contribution >= 0.6 is 11.8 Å². The van der Waals surface area contributed by atoms with Gasteiger partial charge < -0.3 is 14.8 Å². The number of rotatable bonds is 5. The highest BCUT2D eigenvalue weighted by molar-refractivity contribution is 8.18. The predicted octanol–water partition coefficient (Wildman–Crippen LogP) is 3.43. The van der Waals surface area contributed by atoms with E-state index >= 15 is 0 Å². The summed E-state index contributed by atoms with van der Waals surface area (Å²) in [6.45, 7) is 0.375. The van der Waals surface area contributed by atoms with Gasteiger partial charge in [0.1, 0.15) is 0 Å². The zero-order chi connectivity index (χ0) is 22.1. The van der Waals surface area contributed by atoms with Gasteiger partial charge in [-0.1, -0.05) is 24.3 Å². The first-order valence-electron chi connectivity index (χ1n) is 9.87. The minimum atomic E-state index is -0.390. The lowest BCUT2D eigenvalue weighted by Gasteiger charge is -2.13. The van der Waals surface area contributed by atoms with Crippen LogP contribution in [0.1, 0.15) is 15.9 Å². The van der Waals surface area contributed by atoms with E-state index in [1.54, 1.807) is 48.7 Å². The molecule has 2 aromatic carbocycles. The Labute approximate surface area is 187 Å². The maximum atomic E-state index is 12.7. The van der Waals surface area contributed by atoms with E-state index < -0.39 is 5.91 Å². The molecule has 0 saturated carbocycles. The summed E-state index contributed by atoms with van der Waals surface area (Å²) in [5, 5.41) is 3.26. The number of hydrogen-bond acceptors (Lipinski definition) is 7. The third kappa shape index (κ3) is 3.78. The molecule has 3 aromatic rings. The van der Waals surface area contributed by atoms with E-state index in [-0.39, 0.29) is 31.0 Å². The van der Waals surface area contributed by atoms with Crippen molar-refractivity contribution < 1.29 is 23.9 Å². The second kappa shape index (κ2) is 8.35. The molecule has 1 aromatic heterocycles. The molecular formula is C23H17N3O5S. The Hall–Kier alpha value is -3.85. The second-order valence-electron chi connectivity index (χ2n) is 7.08. The Kier molecular flexibility index (Phi) is 5.24. The van der Waals surface area contributed by atoms with Gasteiger partial charge in [-0.15, -0.1) is 0 Å². The van der Waals surface area contributed by atoms with Crippen molar-refractivity contribution in [2.24, 2.45) is 0 Å². The van der Waals surface area contributed by atoms with Crippen molar-refractivity contribution in [3.8, 4) is 11.5 Å². The quantitative estimate of drug-likeness (QED) is 0.599.